The Morgan fingerprint density at radius 2 is 2.18 bits per heavy atom. The highest BCUT2D eigenvalue weighted by molar-refractivity contribution is 6.35. The van der Waals surface area contributed by atoms with Gasteiger partial charge in [-0.1, -0.05) is 23.2 Å². The first kappa shape index (κ1) is 14.1. The van der Waals surface area contributed by atoms with Gasteiger partial charge in [-0.25, -0.2) is 4.79 Å². The molecule has 0 heterocycles. The van der Waals surface area contributed by atoms with E-state index in [4.69, 9.17) is 28.3 Å². The Labute approximate surface area is 110 Å². The number of carbonyl (C=O) groups excluding carboxylic acids is 1. The highest BCUT2D eigenvalue weighted by Crippen LogP contribution is 2.25. The number of hydrogen-bond acceptors (Lipinski definition) is 2. The van der Waals surface area contributed by atoms with E-state index in [2.05, 4.69) is 5.32 Å². The molecular formula is C11H14Cl2N2O2. The van der Waals surface area contributed by atoms with Crippen molar-refractivity contribution in [1.29, 1.82) is 0 Å². The molecular weight excluding hydrogens is 263 g/mol. The van der Waals surface area contributed by atoms with Crippen molar-refractivity contribution in [3.8, 4) is 0 Å². The number of amides is 2. The zero-order valence-corrected chi connectivity index (χ0v) is 10.9. The molecule has 0 fully saturated rings. The van der Waals surface area contributed by atoms with Crippen molar-refractivity contribution in [2.45, 2.75) is 6.92 Å². The molecule has 0 saturated heterocycles. The smallest absolute Gasteiger partial charge is 0.321 e. The van der Waals surface area contributed by atoms with E-state index in [1.165, 1.54) is 4.90 Å². The second-order valence-electron chi connectivity index (χ2n) is 3.36. The summed E-state index contributed by atoms with van der Waals surface area (Å²) >= 11 is 11.7. The van der Waals surface area contributed by atoms with E-state index in [1.807, 2.05) is 6.92 Å². The number of hydrogen-bond donors (Lipinski definition) is 2. The number of anilines is 1. The minimum absolute atomic E-state index is 0.0788. The molecule has 0 aliphatic heterocycles. The maximum Gasteiger partial charge on any atom is 0.321 e. The first-order valence-corrected chi connectivity index (χ1v) is 5.96. The predicted molar refractivity (Wildman–Crippen MR) is 69.8 cm³/mol. The number of aliphatic hydroxyl groups is 1. The molecule has 94 valence electrons. The van der Waals surface area contributed by atoms with Crippen molar-refractivity contribution in [2.75, 3.05) is 25.0 Å². The average Bonchev–Trinajstić information content (AvgIpc) is 2.30. The topological polar surface area (TPSA) is 52.6 Å². The lowest BCUT2D eigenvalue weighted by Gasteiger charge is -2.20. The lowest BCUT2D eigenvalue weighted by atomic mass is 10.3. The van der Waals surface area contributed by atoms with Gasteiger partial charge in [0, 0.05) is 18.1 Å². The number of aliphatic hydroxyl groups excluding tert-OH is 1. The Kier molecular flexibility index (Phi) is 5.55. The summed E-state index contributed by atoms with van der Waals surface area (Å²) in [6, 6.07) is 4.52. The second kappa shape index (κ2) is 6.69. The van der Waals surface area contributed by atoms with E-state index >= 15 is 0 Å². The van der Waals surface area contributed by atoms with E-state index in [-0.39, 0.29) is 19.2 Å². The molecule has 17 heavy (non-hydrogen) atoms. The van der Waals surface area contributed by atoms with Crippen LogP contribution in [-0.4, -0.2) is 35.7 Å². The molecule has 0 aliphatic carbocycles. The molecule has 0 spiro atoms. The molecule has 0 aromatic heterocycles. The minimum Gasteiger partial charge on any atom is -0.395 e. The summed E-state index contributed by atoms with van der Waals surface area (Å²) in [5.41, 5.74) is 0.459. The third-order valence-electron chi connectivity index (χ3n) is 2.21. The zero-order chi connectivity index (χ0) is 12.8. The van der Waals surface area contributed by atoms with Crippen molar-refractivity contribution in [2.24, 2.45) is 0 Å². The van der Waals surface area contributed by atoms with Crippen LogP contribution in [0.3, 0.4) is 0 Å². The number of rotatable bonds is 4. The van der Waals surface area contributed by atoms with Crippen molar-refractivity contribution in [1.82, 2.24) is 4.90 Å². The standard InChI is InChI=1S/C11H14Cl2N2O2/c1-2-15(5-6-16)11(17)14-10-7-8(12)3-4-9(10)13/h3-4,7,16H,2,5-6H2,1H3,(H,14,17). The van der Waals surface area contributed by atoms with Crippen molar-refractivity contribution < 1.29 is 9.90 Å². The molecule has 0 unspecified atom stereocenters. The second-order valence-corrected chi connectivity index (χ2v) is 4.20. The third kappa shape index (κ3) is 4.07. The molecule has 2 amide bonds. The summed E-state index contributed by atoms with van der Waals surface area (Å²) in [5, 5.41) is 12.4. The summed E-state index contributed by atoms with van der Waals surface area (Å²) in [6.45, 7) is 2.53. The van der Waals surface area contributed by atoms with Crippen molar-refractivity contribution in [3.05, 3.63) is 28.2 Å². The number of nitrogens with one attached hydrogen (secondary N) is 1. The van der Waals surface area contributed by atoms with Crippen LogP contribution >= 0.6 is 23.2 Å². The van der Waals surface area contributed by atoms with Crippen LogP contribution in [0.15, 0.2) is 18.2 Å². The highest BCUT2D eigenvalue weighted by Gasteiger charge is 2.12. The van der Waals surface area contributed by atoms with Crippen molar-refractivity contribution >= 4 is 34.9 Å². The number of urea groups is 1. The molecule has 0 radical (unpaired) electrons. The molecule has 0 aliphatic rings. The number of halogens is 2. The first-order valence-electron chi connectivity index (χ1n) is 5.20. The fraction of sp³-hybridized carbons (Fsp3) is 0.364. The lowest BCUT2D eigenvalue weighted by molar-refractivity contribution is 0.192. The largest absolute Gasteiger partial charge is 0.395 e. The third-order valence-corrected chi connectivity index (χ3v) is 2.77. The molecule has 0 atom stereocenters. The fourth-order valence-corrected chi connectivity index (χ4v) is 1.65. The van der Waals surface area contributed by atoms with E-state index < -0.39 is 0 Å². The summed E-state index contributed by atoms with van der Waals surface area (Å²) in [7, 11) is 0. The number of likely N-dealkylation sites (N-methyl/N-ethyl adjacent to an activating group) is 1. The van der Waals surface area contributed by atoms with Gasteiger partial charge in [-0.05, 0) is 25.1 Å². The van der Waals surface area contributed by atoms with E-state index in [0.29, 0.717) is 22.3 Å². The van der Waals surface area contributed by atoms with Gasteiger partial charge in [0.15, 0.2) is 0 Å². The molecule has 0 saturated carbocycles. The summed E-state index contributed by atoms with van der Waals surface area (Å²) in [4.78, 5) is 13.3. The molecule has 2 N–H and O–H groups in total. The zero-order valence-electron chi connectivity index (χ0n) is 9.41. The Hall–Kier alpha value is -0.970. The summed E-state index contributed by atoms with van der Waals surface area (Å²) < 4.78 is 0. The first-order chi connectivity index (χ1) is 8.08. The van der Waals surface area contributed by atoms with Gasteiger partial charge in [-0.2, -0.15) is 0 Å². The normalized spacial score (nSPS) is 10.1. The van der Waals surface area contributed by atoms with Gasteiger partial charge in [0.2, 0.25) is 0 Å². The fourth-order valence-electron chi connectivity index (χ4n) is 1.31. The van der Waals surface area contributed by atoms with Crippen LogP contribution in [0.5, 0.6) is 0 Å². The van der Waals surface area contributed by atoms with Crippen LogP contribution in [0.2, 0.25) is 10.0 Å². The van der Waals surface area contributed by atoms with Crippen LogP contribution in [0.25, 0.3) is 0 Å². The van der Waals surface area contributed by atoms with Crippen LogP contribution in [0.1, 0.15) is 6.92 Å². The van der Waals surface area contributed by atoms with Gasteiger partial charge in [0.1, 0.15) is 0 Å². The number of nitrogens with zero attached hydrogens (tertiary/aromatic N) is 1. The van der Waals surface area contributed by atoms with Gasteiger partial charge in [-0.3, -0.25) is 0 Å². The monoisotopic (exact) mass is 276 g/mol. The van der Waals surface area contributed by atoms with E-state index in [0.717, 1.165) is 0 Å². The van der Waals surface area contributed by atoms with Gasteiger partial charge >= 0.3 is 6.03 Å². The Balaban J connectivity index is 2.76. The Morgan fingerprint density at radius 3 is 2.76 bits per heavy atom. The Morgan fingerprint density at radius 1 is 1.47 bits per heavy atom. The maximum absolute atomic E-state index is 11.8. The van der Waals surface area contributed by atoms with Gasteiger partial charge in [0.05, 0.1) is 17.3 Å². The minimum atomic E-state index is -0.314. The molecule has 1 aromatic rings. The molecule has 6 heteroatoms. The quantitative estimate of drug-likeness (QED) is 0.889. The lowest BCUT2D eigenvalue weighted by Crippen LogP contribution is -2.36. The summed E-state index contributed by atoms with van der Waals surface area (Å²) in [6.07, 6.45) is 0. The molecule has 1 rings (SSSR count). The average molecular weight is 277 g/mol. The van der Waals surface area contributed by atoms with Gasteiger partial charge in [0.25, 0.3) is 0 Å². The highest BCUT2D eigenvalue weighted by atomic mass is 35.5. The predicted octanol–water partition coefficient (Wildman–Crippen LogP) is 2.84. The van der Waals surface area contributed by atoms with Crippen LogP contribution in [0.4, 0.5) is 10.5 Å². The Bertz CT molecular complexity index is 399. The van der Waals surface area contributed by atoms with Crippen LogP contribution in [-0.2, 0) is 0 Å². The SMILES string of the molecule is CCN(CCO)C(=O)Nc1cc(Cl)ccc1Cl. The van der Waals surface area contributed by atoms with E-state index in [1.54, 1.807) is 18.2 Å². The molecule has 1 aromatic carbocycles. The van der Waals surface area contributed by atoms with E-state index in [9.17, 15) is 4.79 Å². The van der Waals surface area contributed by atoms with Crippen molar-refractivity contribution in [3.63, 3.8) is 0 Å². The summed E-state index contributed by atoms with van der Waals surface area (Å²) in [5.74, 6) is 0. The number of carbonyl (C=O) groups is 1. The number of benzene rings is 1. The molecule has 0 bridgehead atoms. The molecule has 4 nitrogen and oxygen atoms in total. The van der Waals surface area contributed by atoms with Gasteiger partial charge in [-0.15, -0.1) is 0 Å². The van der Waals surface area contributed by atoms with Crippen LogP contribution in [0, 0.1) is 0 Å². The maximum atomic E-state index is 11.8. The van der Waals surface area contributed by atoms with Crippen LogP contribution < -0.4 is 5.32 Å². The van der Waals surface area contributed by atoms with Gasteiger partial charge < -0.3 is 15.3 Å².